The third-order valence-electron chi connectivity index (χ3n) is 3.68. The predicted octanol–water partition coefficient (Wildman–Crippen LogP) is 2.89. The number of hydrogen-bond donors (Lipinski definition) is 0. The van der Waals surface area contributed by atoms with Gasteiger partial charge in [-0.1, -0.05) is 0 Å². The van der Waals surface area contributed by atoms with E-state index in [9.17, 15) is 9.18 Å². The second-order valence-electron chi connectivity index (χ2n) is 4.59. The molecule has 0 amide bonds. The summed E-state index contributed by atoms with van der Waals surface area (Å²) in [7, 11) is 2.97. The van der Waals surface area contributed by atoms with Gasteiger partial charge in [-0.2, -0.15) is 4.99 Å². The summed E-state index contributed by atoms with van der Waals surface area (Å²) in [6.45, 7) is -0.658. The summed E-state index contributed by atoms with van der Waals surface area (Å²) in [5, 5.41) is 0. The molecule has 1 aliphatic rings. The molecule has 1 fully saturated rings. The molecule has 0 unspecified atom stereocenters. The first-order valence-electron chi connectivity index (χ1n) is 6.11. The van der Waals surface area contributed by atoms with E-state index >= 15 is 0 Å². The minimum atomic E-state index is -0.658. The SMILES string of the molecule is COc1cc(C2(N=C=O)CCC2)cc(CF)c1OC. The second-order valence-corrected chi connectivity index (χ2v) is 4.59. The number of halogens is 1. The zero-order valence-electron chi connectivity index (χ0n) is 11.0. The van der Waals surface area contributed by atoms with Crippen LogP contribution in [0.15, 0.2) is 17.1 Å². The molecule has 0 atom stereocenters. The molecule has 1 aliphatic carbocycles. The molecule has 5 heteroatoms. The van der Waals surface area contributed by atoms with E-state index in [1.165, 1.54) is 14.2 Å². The zero-order chi connectivity index (χ0) is 13.9. The maximum Gasteiger partial charge on any atom is 0.235 e. The molecular weight excluding hydrogens is 249 g/mol. The van der Waals surface area contributed by atoms with Gasteiger partial charge in [0.15, 0.2) is 11.5 Å². The van der Waals surface area contributed by atoms with Gasteiger partial charge in [0.1, 0.15) is 6.67 Å². The Balaban J connectivity index is 2.55. The molecule has 19 heavy (non-hydrogen) atoms. The highest BCUT2D eigenvalue weighted by Gasteiger charge is 2.39. The van der Waals surface area contributed by atoms with Crippen molar-refractivity contribution in [3.05, 3.63) is 23.3 Å². The van der Waals surface area contributed by atoms with Crippen molar-refractivity contribution in [1.29, 1.82) is 0 Å². The standard InChI is InChI=1S/C14H16FNO3/c1-18-12-7-11(6-10(8-15)13(12)19-2)14(16-9-17)4-3-5-14/h6-7H,3-5,8H2,1-2H3. The first-order chi connectivity index (χ1) is 9.20. The summed E-state index contributed by atoms with van der Waals surface area (Å²) in [6, 6.07) is 3.46. The molecule has 0 aliphatic heterocycles. The summed E-state index contributed by atoms with van der Waals surface area (Å²) in [5.74, 6) is 0.846. The summed E-state index contributed by atoms with van der Waals surface area (Å²) in [5.41, 5.74) is 0.627. The van der Waals surface area contributed by atoms with E-state index in [0.29, 0.717) is 17.1 Å². The number of aliphatic imine (C=N–C) groups is 1. The largest absolute Gasteiger partial charge is 0.493 e. The topological polar surface area (TPSA) is 47.9 Å². The van der Waals surface area contributed by atoms with E-state index in [1.54, 1.807) is 18.2 Å². The molecule has 0 bridgehead atoms. The van der Waals surface area contributed by atoms with E-state index < -0.39 is 12.2 Å². The molecule has 102 valence electrons. The first-order valence-corrected chi connectivity index (χ1v) is 6.11. The highest BCUT2D eigenvalue weighted by atomic mass is 19.1. The minimum absolute atomic E-state index is 0.387. The Kier molecular flexibility index (Phi) is 3.86. The number of benzene rings is 1. The highest BCUT2D eigenvalue weighted by Crippen LogP contribution is 2.47. The Morgan fingerprint density at radius 1 is 1.37 bits per heavy atom. The number of nitrogens with zero attached hydrogens (tertiary/aromatic N) is 1. The van der Waals surface area contributed by atoms with Gasteiger partial charge in [0.05, 0.1) is 19.8 Å². The normalized spacial score (nSPS) is 16.2. The van der Waals surface area contributed by atoms with E-state index in [4.69, 9.17) is 9.47 Å². The van der Waals surface area contributed by atoms with Crippen molar-refractivity contribution in [1.82, 2.24) is 0 Å². The lowest BCUT2D eigenvalue weighted by Crippen LogP contribution is -2.32. The van der Waals surface area contributed by atoms with Crippen molar-refractivity contribution in [3.8, 4) is 11.5 Å². The van der Waals surface area contributed by atoms with Gasteiger partial charge >= 0.3 is 0 Å². The lowest BCUT2D eigenvalue weighted by Gasteiger charge is -2.37. The number of rotatable bonds is 5. The molecule has 0 spiro atoms. The second kappa shape index (κ2) is 5.41. The number of isocyanates is 1. The number of ether oxygens (including phenoxy) is 2. The number of carbonyl (C=O) groups excluding carboxylic acids is 1. The smallest absolute Gasteiger partial charge is 0.235 e. The van der Waals surface area contributed by atoms with Gasteiger partial charge < -0.3 is 9.47 Å². The fourth-order valence-corrected chi connectivity index (χ4v) is 2.48. The predicted molar refractivity (Wildman–Crippen MR) is 68.0 cm³/mol. The minimum Gasteiger partial charge on any atom is -0.493 e. The molecule has 1 aromatic carbocycles. The fraction of sp³-hybridized carbons (Fsp3) is 0.500. The van der Waals surface area contributed by atoms with Crippen LogP contribution in [0.5, 0.6) is 11.5 Å². The monoisotopic (exact) mass is 265 g/mol. The third kappa shape index (κ3) is 2.22. The van der Waals surface area contributed by atoms with Crippen molar-refractivity contribution >= 4 is 6.08 Å². The molecule has 0 radical (unpaired) electrons. The molecule has 0 N–H and O–H groups in total. The Bertz CT molecular complexity index is 494. The van der Waals surface area contributed by atoms with Crippen LogP contribution in [0.2, 0.25) is 0 Å². The molecule has 4 nitrogen and oxygen atoms in total. The van der Waals surface area contributed by atoms with Gasteiger partial charge in [0, 0.05) is 5.56 Å². The van der Waals surface area contributed by atoms with Crippen LogP contribution in [0.3, 0.4) is 0 Å². The molecule has 1 aromatic rings. The maximum absolute atomic E-state index is 13.1. The zero-order valence-corrected chi connectivity index (χ0v) is 11.0. The molecule has 0 saturated heterocycles. The van der Waals surface area contributed by atoms with Gasteiger partial charge in [0.2, 0.25) is 6.08 Å². The van der Waals surface area contributed by atoms with Crippen molar-refractivity contribution in [3.63, 3.8) is 0 Å². The van der Waals surface area contributed by atoms with Crippen molar-refractivity contribution < 1.29 is 18.7 Å². The van der Waals surface area contributed by atoms with E-state index in [-0.39, 0.29) is 0 Å². The first kappa shape index (κ1) is 13.6. The molecule has 0 heterocycles. The summed E-state index contributed by atoms with van der Waals surface area (Å²) >= 11 is 0. The third-order valence-corrected chi connectivity index (χ3v) is 3.68. The van der Waals surface area contributed by atoms with Crippen molar-refractivity contribution in [2.75, 3.05) is 14.2 Å². The summed E-state index contributed by atoms with van der Waals surface area (Å²) in [6.07, 6.45) is 4.15. The molecule has 0 aromatic heterocycles. The molecule has 2 rings (SSSR count). The van der Waals surface area contributed by atoms with Crippen LogP contribution in [-0.2, 0) is 17.0 Å². The lowest BCUT2D eigenvalue weighted by molar-refractivity contribution is 0.253. The fourth-order valence-electron chi connectivity index (χ4n) is 2.48. The van der Waals surface area contributed by atoms with Crippen molar-refractivity contribution in [2.24, 2.45) is 4.99 Å². The number of methoxy groups -OCH3 is 2. The van der Waals surface area contributed by atoms with E-state index in [2.05, 4.69) is 4.99 Å². The van der Waals surface area contributed by atoms with Crippen LogP contribution >= 0.6 is 0 Å². The maximum atomic E-state index is 13.1. The number of hydrogen-bond acceptors (Lipinski definition) is 4. The Morgan fingerprint density at radius 2 is 2.11 bits per heavy atom. The van der Waals surface area contributed by atoms with Gasteiger partial charge in [-0.3, -0.25) is 0 Å². The van der Waals surface area contributed by atoms with Crippen LogP contribution in [0.25, 0.3) is 0 Å². The average Bonchev–Trinajstić information content (AvgIpc) is 2.41. The van der Waals surface area contributed by atoms with E-state index in [1.807, 2.05) is 0 Å². The van der Waals surface area contributed by atoms with Gasteiger partial charge in [-0.25, -0.2) is 9.18 Å². The van der Waals surface area contributed by atoms with Gasteiger partial charge in [0.25, 0.3) is 0 Å². The Hall–Kier alpha value is -1.87. The molecule has 1 saturated carbocycles. The Labute approximate surface area is 111 Å². The van der Waals surface area contributed by atoms with E-state index in [0.717, 1.165) is 24.8 Å². The van der Waals surface area contributed by atoms with Crippen LogP contribution in [0.4, 0.5) is 4.39 Å². The van der Waals surface area contributed by atoms with Crippen LogP contribution in [0.1, 0.15) is 30.4 Å². The van der Waals surface area contributed by atoms with Crippen LogP contribution in [0, 0.1) is 0 Å². The summed E-state index contributed by atoms with van der Waals surface area (Å²) < 4.78 is 23.5. The van der Waals surface area contributed by atoms with Crippen molar-refractivity contribution in [2.45, 2.75) is 31.5 Å². The average molecular weight is 265 g/mol. The van der Waals surface area contributed by atoms with Gasteiger partial charge in [-0.15, -0.1) is 0 Å². The quantitative estimate of drug-likeness (QED) is 0.607. The van der Waals surface area contributed by atoms with Crippen LogP contribution < -0.4 is 9.47 Å². The summed E-state index contributed by atoms with van der Waals surface area (Å²) in [4.78, 5) is 14.5. The van der Waals surface area contributed by atoms with Crippen LogP contribution in [-0.4, -0.2) is 20.3 Å². The highest BCUT2D eigenvalue weighted by molar-refractivity contribution is 5.52. The lowest BCUT2D eigenvalue weighted by atomic mass is 9.72. The Morgan fingerprint density at radius 3 is 2.53 bits per heavy atom. The van der Waals surface area contributed by atoms with Gasteiger partial charge in [-0.05, 0) is 37.0 Å². The number of alkyl halides is 1. The molecular formula is C14H16FNO3.